The molecule has 0 aromatic heterocycles. The Morgan fingerprint density at radius 1 is 1.36 bits per heavy atom. The van der Waals surface area contributed by atoms with Gasteiger partial charge in [0, 0.05) is 11.6 Å². The van der Waals surface area contributed by atoms with Crippen molar-refractivity contribution in [3.05, 3.63) is 62.8 Å². The van der Waals surface area contributed by atoms with Gasteiger partial charge in [0.25, 0.3) is 0 Å². The molecule has 132 valence electrons. The molecule has 4 nitrogen and oxygen atoms in total. The van der Waals surface area contributed by atoms with E-state index in [1.807, 2.05) is 6.92 Å². The normalized spacial score (nSPS) is 10.9. The minimum absolute atomic E-state index is 0.0549. The highest BCUT2D eigenvalue weighted by Gasteiger charge is 2.14. The van der Waals surface area contributed by atoms with Crippen LogP contribution in [0.2, 0.25) is 5.02 Å². The average molecular weight is 429 g/mol. The highest BCUT2D eigenvalue weighted by atomic mass is 79.9. The van der Waals surface area contributed by atoms with E-state index < -0.39 is 11.7 Å². The molecule has 0 saturated carbocycles. The van der Waals surface area contributed by atoms with Crippen LogP contribution in [-0.4, -0.2) is 12.5 Å². The van der Waals surface area contributed by atoms with Gasteiger partial charge in [0.05, 0.1) is 16.1 Å². The van der Waals surface area contributed by atoms with Crippen LogP contribution in [0.4, 0.5) is 4.39 Å². The number of primary amides is 1. The molecule has 0 heterocycles. The minimum Gasteiger partial charge on any atom is -0.490 e. The third-order valence-electron chi connectivity index (χ3n) is 3.19. The van der Waals surface area contributed by atoms with Crippen molar-refractivity contribution >= 4 is 39.5 Å². The van der Waals surface area contributed by atoms with E-state index in [4.69, 9.17) is 26.8 Å². The summed E-state index contributed by atoms with van der Waals surface area (Å²) in [6.45, 7) is 2.18. The van der Waals surface area contributed by atoms with Crippen LogP contribution in [0.1, 0.15) is 18.1 Å². The Balaban J connectivity index is 2.31. The number of hydrogen-bond donors (Lipinski definition) is 1. The Hall–Kier alpha value is -2.05. The SMILES string of the molecule is CCOc1cc(C=CC(N)=O)cc(Br)c1OCc1c(F)cccc1Cl. The van der Waals surface area contributed by atoms with Crippen molar-refractivity contribution < 1.29 is 18.7 Å². The second-order valence-electron chi connectivity index (χ2n) is 4.99. The third-order valence-corrected chi connectivity index (χ3v) is 4.14. The molecule has 0 fully saturated rings. The maximum absolute atomic E-state index is 13.9. The summed E-state index contributed by atoms with van der Waals surface area (Å²) in [5.74, 6) is -0.128. The number of hydrogen-bond acceptors (Lipinski definition) is 3. The van der Waals surface area contributed by atoms with E-state index in [0.717, 1.165) is 0 Å². The highest BCUT2D eigenvalue weighted by Crippen LogP contribution is 2.38. The van der Waals surface area contributed by atoms with Gasteiger partial charge < -0.3 is 15.2 Å². The van der Waals surface area contributed by atoms with Gasteiger partial charge in [-0.2, -0.15) is 0 Å². The van der Waals surface area contributed by atoms with Crippen LogP contribution in [-0.2, 0) is 11.4 Å². The first-order chi connectivity index (χ1) is 11.9. The van der Waals surface area contributed by atoms with Crippen molar-refractivity contribution in [2.75, 3.05) is 6.61 Å². The van der Waals surface area contributed by atoms with Crippen LogP contribution < -0.4 is 15.2 Å². The van der Waals surface area contributed by atoms with Gasteiger partial charge in [-0.25, -0.2) is 4.39 Å². The molecule has 1 amide bonds. The van der Waals surface area contributed by atoms with Gasteiger partial charge in [-0.3, -0.25) is 4.79 Å². The van der Waals surface area contributed by atoms with Gasteiger partial charge in [-0.1, -0.05) is 17.7 Å². The van der Waals surface area contributed by atoms with Crippen molar-refractivity contribution in [2.45, 2.75) is 13.5 Å². The van der Waals surface area contributed by atoms with E-state index in [9.17, 15) is 9.18 Å². The zero-order valence-corrected chi connectivity index (χ0v) is 15.7. The lowest BCUT2D eigenvalue weighted by molar-refractivity contribution is -0.113. The van der Waals surface area contributed by atoms with Crippen LogP contribution in [0.25, 0.3) is 6.08 Å². The summed E-state index contributed by atoms with van der Waals surface area (Å²) < 4.78 is 25.8. The fraction of sp³-hybridized carbons (Fsp3) is 0.167. The first kappa shape index (κ1) is 19.3. The van der Waals surface area contributed by atoms with Gasteiger partial charge >= 0.3 is 0 Å². The van der Waals surface area contributed by atoms with E-state index in [2.05, 4.69) is 15.9 Å². The van der Waals surface area contributed by atoms with Crippen molar-refractivity contribution in [2.24, 2.45) is 5.73 Å². The number of rotatable bonds is 7. The van der Waals surface area contributed by atoms with Crippen molar-refractivity contribution in [3.8, 4) is 11.5 Å². The number of ether oxygens (including phenoxy) is 2. The van der Waals surface area contributed by atoms with E-state index in [0.29, 0.717) is 28.1 Å². The number of benzene rings is 2. The van der Waals surface area contributed by atoms with E-state index in [-0.39, 0.29) is 17.2 Å². The van der Waals surface area contributed by atoms with Crippen LogP contribution >= 0.6 is 27.5 Å². The molecule has 0 spiro atoms. The van der Waals surface area contributed by atoms with Crippen LogP contribution in [0.5, 0.6) is 11.5 Å². The summed E-state index contributed by atoms with van der Waals surface area (Å²) in [6.07, 6.45) is 2.81. The Morgan fingerprint density at radius 3 is 2.76 bits per heavy atom. The second-order valence-corrected chi connectivity index (χ2v) is 6.25. The van der Waals surface area contributed by atoms with E-state index >= 15 is 0 Å². The average Bonchev–Trinajstić information content (AvgIpc) is 2.54. The first-order valence-electron chi connectivity index (χ1n) is 7.42. The summed E-state index contributed by atoms with van der Waals surface area (Å²) in [7, 11) is 0. The maximum Gasteiger partial charge on any atom is 0.241 e. The highest BCUT2D eigenvalue weighted by molar-refractivity contribution is 9.10. The van der Waals surface area contributed by atoms with Crippen molar-refractivity contribution in [1.82, 2.24) is 0 Å². The maximum atomic E-state index is 13.9. The van der Waals surface area contributed by atoms with E-state index in [1.54, 1.807) is 24.3 Å². The van der Waals surface area contributed by atoms with E-state index in [1.165, 1.54) is 18.2 Å². The molecule has 0 radical (unpaired) electrons. The number of amides is 1. The number of carbonyl (C=O) groups excluding carboxylic acids is 1. The molecule has 2 aromatic rings. The molecule has 0 saturated heterocycles. The topological polar surface area (TPSA) is 61.5 Å². The van der Waals surface area contributed by atoms with Crippen molar-refractivity contribution in [1.29, 1.82) is 0 Å². The molecule has 0 unspecified atom stereocenters. The second kappa shape index (κ2) is 8.87. The summed E-state index contributed by atoms with van der Waals surface area (Å²) in [5.41, 5.74) is 6.06. The Kier molecular flexibility index (Phi) is 6.84. The zero-order chi connectivity index (χ0) is 18.4. The van der Waals surface area contributed by atoms with Crippen molar-refractivity contribution in [3.63, 3.8) is 0 Å². The molecule has 25 heavy (non-hydrogen) atoms. The molecule has 2 rings (SSSR count). The molecular formula is C18H16BrClFNO3. The number of nitrogens with two attached hydrogens (primary N) is 1. The molecular weight excluding hydrogens is 413 g/mol. The molecule has 0 atom stereocenters. The van der Waals surface area contributed by atoms with Gasteiger partial charge in [0.1, 0.15) is 12.4 Å². The fourth-order valence-electron chi connectivity index (χ4n) is 2.08. The Morgan fingerprint density at radius 2 is 2.12 bits per heavy atom. The summed E-state index contributed by atoms with van der Waals surface area (Å²) >= 11 is 9.42. The monoisotopic (exact) mass is 427 g/mol. The van der Waals surface area contributed by atoms with Crippen LogP contribution in [0.3, 0.4) is 0 Å². The van der Waals surface area contributed by atoms with Crippen LogP contribution in [0.15, 0.2) is 40.9 Å². The Labute approximate surface area is 158 Å². The standard InChI is InChI=1S/C18H16BrClFNO3/c1-2-24-16-9-11(6-7-17(22)23)8-13(19)18(16)25-10-12-14(20)4-3-5-15(12)21/h3-9H,2,10H2,1H3,(H2,22,23). The first-order valence-corrected chi connectivity index (χ1v) is 8.59. The predicted molar refractivity (Wildman–Crippen MR) is 99.3 cm³/mol. The predicted octanol–water partition coefficient (Wildman–Crippen LogP) is 4.72. The third kappa shape index (κ3) is 5.21. The molecule has 0 aliphatic carbocycles. The van der Waals surface area contributed by atoms with Gasteiger partial charge in [0.2, 0.25) is 5.91 Å². The lowest BCUT2D eigenvalue weighted by Gasteiger charge is -2.15. The van der Waals surface area contributed by atoms with Crippen LogP contribution in [0, 0.1) is 5.82 Å². The summed E-state index contributed by atoms with van der Waals surface area (Å²) in [4.78, 5) is 10.9. The lowest BCUT2D eigenvalue weighted by Crippen LogP contribution is -2.05. The lowest BCUT2D eigenvalue weighted by atomic mass is 10.2. The molecule has 0 aliphatic rings. The summed E-state index contributed by atoms with van der Waals surface area (Å²) in [6, 6.07) is 7.88. The van der Waals surface area contributed by atoms with Gasteiger partial charge in [0.15, 0.2) is 11.5 Å². The molecule has 2 N–H and O–H groups in total. The number of carbonyl (C=O) groups is 1. The summed E-state index contributed by atoms with van der Waals surface area (Å²) in [5, 5.41) is 0.287. The molecule has 2 aromatic carbocycles. The number of halogens is 3. The zero-order valence-electron chi connectivity index (χ0n) is 13.4. The smallest absolute Gasteiger partial charge is 0.241 e. The minimum atomic E-state index is -0.552. The quantitative estimate of drug-likeness (QED) is 0.649. The molecule has 7 heteroatoms. The molecule has 0 bridgehead atoms. The fourth-order valence-corrected chi connectivity index (χ4v) is 2.87. The van der Waals surface area contributed by atoms with Gasteiger partial charge in [-0.05, 0) is 58.8 Å². The Bertz CT molecular complexity index is 791. The largest absolute Gasteiger partial charge is 0.490 e. The molecule has 0 aliphatic heterocycles. The van der Waals surface area contributed by atoms with Gasteiger partial charge in [-0.15, -0.1) is 0 Å².